The minimum absolute atomic E-state index is 0.133. The second-order valence-electron chi connectivity index (χ2n) is 4.85. The molecule has 7 heteroatoms. The molecule has 0 saturated heterocycles. The molecule has 2 aromatic rings. The molecule has 0 aliphatic carbocycles. The van der Waals surface area contributed by atoms with Crippen LogP contribution in [-0.4, -0.2) is 50.7 Å². The molecule has 0 aliphatic heterocycles. The Labute approximate surface area is 143 Å². The van der Waals surface area contributed by atoms with Gasteiger partial charge in [0.15, 0.2) is 0 Å². The van der Waals surface area contributed by atoms with Gasteiger partial charge in [-0.25, -0.2) is 0 Å². The number of benzene rings is 1. The van der Waals surface area contributed by atoms with Crippen LogP contribution in [-0.2, 0) is 14.3 Å². The number of hydrogen-bond donors (Lipinski definition) is 0. The Hall–Kier alpha value is -1.63. The normalized spacial score (nSPS) is 10.7. The van der Waals surface area contributed by atoms with Crippen molar-refractivity contribution in [1.29, 1.82) is 0 Å². The smallest absolute Gasteiger partial charge is 0.307 e. The van der Waals surface area contributed by atoms with E-state index in [4.69, 9.17) is 16.3 Å². The number of thiophene rings is 1. The summed E-state index contributed by atoms with van der Waals surface area (Å²) in [5.74, 6) is -0.556. The zero-order chi connectivity index (χ0) is 16.8. The van der Waals surface area contributed by atoms with E-state index in [1.54, 1.807) is 12.0 Å². The molecule has 0 N–H and O–H groups in total. The summed E-state index contributed by atoms with van der Waals surface area (Å²) in [6, 6.07) is 7.61. The Morgan fingerprint density at radius 1 is 1.22 bits per heavy atom. The first-order chi connectivity index (χ1) is 11.1. The molecule has 1 heterocycles. The lowest BCUT2D eigenvalue weighted by Gasteiger charge is -2.21. The van der Waals surface area contributed by atoms with Gasteiger partial charge >= 0.3 is 5.97 Å². The van der Waals surface area contributed by atoms with Crippen LogP contribution in [0.15, 0.2) is 24.3 Å². The van der Waals surface area contributed by atoms with Crippen molar-refractivity contribution < 1.29 is 19.1 Å². The number of amides is 1. The standard InChI is InChI=1S/C16H18ClNO4S/c1-21-10-9-18(8-7-13(19)22-2)16(20)15-14(17)11-5-3-4-6-12(11)23-15/h3-6H,7-10H2,1-2H3. The summed E-state index contributed by atoms with van der Waals surface area (Å²) < 4.78 is 10.6. The van der Waals surface area contributed by atoms with Crippen molar-refractivity contribution in [2.45, 2.75) is 6.42 Å². The van der Waals surface area contributed by atoms with E-state index in [1.807, 2.05) is 24.3 Å². The maximum atomic E-state index is 12.8. The Morgan fingerprint density at radius 3 is 2.61 bits per heavy atom. The zero-order valence-corrected chi connectivity index (χ0v) is 14.6. The number of methoxy groups -OCH3 is 2. The fourth-order valence-corrected chi connectivity index (χ4v) is 3.62. The van der Waals surface area contributed by atoms with Gasteiger partial charge in [-0.1, -0.05) is 29.8 Å². The van der Waals surface area contributed by atoms with Crippen molar-refractivity contribution in [2.75, 3.05) is 33.9 Å². The Balaban J connectivity index is 2.23. The molecule has 0 aliphatic rings. The number of fused-ring (bicyclic) bond motifs is 1. The summed E-state index contributed by atoms with van der Waals surface area (Å²) >= 11 is 7.71. The van der Waals surface area contributed by atoms with Crippen LogP contribution < -0.4 is 0 Å². The van der Waals surface area contributed by atoms with Crippen LogP contribution in [0.2, 0.25) is 5.02 Å². The minimum atomic E-state index is -0.359. The number of nitrogens with zero attached hydrogens (tertiary/aromatic N) is 1. The SMILES string of the molecule is COCCN(CCC(=O)OC)C(=O)c1sc2ccccc2c1Cl. The van der Waals surface area contributed by atoms with E-state index in [2.05, 4.69) is 4.74 Å². The summed E-state index contributed by atoms with van der Waals surface area (Å²) in [6.07, 6.45) is 0.133. The highest BCUT2D eigenvalue weighted by Crippen LogP contribution is 2.35. The largest absolute Gasteiger partial charge is 0.469 e. The highest BCUT2D eigenvalue weighted by molar-refractivity contribution is 7.21. The topological polar surface area (TPSA) is 55.8 Å². The Morgan fingerprint density at radius 2 is 1.96 bits per heavy atom. The fraction of sp³-hybridized carbons (Fsp3) is 0.375. The van der Waals surface area contributed by atoms with Gasteiger partial charge in [0.25, 0.3) is 5.91 Å². The van der Waals surface area contributed by atoms with E-state index in [1.165, 1.54) is 18.4 Å². The highest BCUT2D eigenvalue weighted by Gasteiger charge is 2.23. The van der Waals surface area contributed by atoms with Crippen LogP contribution in [0.25, 0.3) is 10.1 Å². The van der Waals surface area contributed by atoms with E-state index in [0.29, 0.717) is 23.1 Å². The molecule has 1 aromatic heterocycles. The van der Waals surface area contributed by atoms with E-state index in [9.17, 15) is 9.59 Å². The van der Waals surface area contributed by atoms with Gasteiger partial charge in [-0.3, -0.25) is 9.59 Å². The summed E-state index contributed by atoms with van der Waals surface area (Å²) in [6.45, 7) is 1.03. The number of carbonyl (C=O) groups excluding carboxylic acids is 2. The molecule has 124 valence electrons. The van der Waals surface area contributed by atoms with Crippen molar-refractivity contribution in [3.63, 3.8) is 0 Å². The number of ether oxygens (including phenoxy) is 2. The number of esters is 1. The van der Waals surface area contributed by atoms with Gasteiger partial charge in [0, 0.05) is 30.3 Å². The quantitative estimate of drug-likeness (QED) is 0.716. The number of carbonyl (C=O) groups is 2. The molecular formula is C16H18ClNO4S. The molecule has 1 aromatic carbocycles. The second kappa shape index (κ2) is 8.29. The van der Waals surface area contributed by atoms with Crippen molar-refractivity contribution in [3.8, 4) is 0 Å². The Kier molecular flexibility index (Phi) is 6.38. The third-order valence-electron chi connectivity index (χ3n) is 3.40. The van der Waals surface area contributed by atoms with Gasteiger partial charge in [0.2, 0.25) is 0 Å². The summed E-state index contributed by atoms with van der Waals surface area (Å²) in [7, 11) is 2.89. The summed E-state index contributed by atoms with van der Waals surface area (Å²) in [5.41, 5.74) is 0. The number of rotatable bonds is 7. The van der Waals surface area contributed by atoms with Gasteiger partial charge < -0.3 is 14.4 Å². The molecule has 0 saturated carbocycles. The van der Waals surface area contributed by atoms with Gasteiger partial charge in [-0.2, -0.15) is 0 Å². The first-order valence-corrected chi connectivity index (χ1v) is 8.30. The van der Waals surface area contributed by atoms with Crippen LogP contribution in [0, 0.1) is 0 Å². The maximum Gasteiger partial charge on any atom is 0.307 e. The lowest BCUT2D eigenvalue weighted by molar-refractivity contribution is -0.140. The van der Waals surface area contributed by atoms with E-state index >= 15 is 0 Å². The molecular weight excluding hydrogens is 338 g/mol. The molecule has 2 rings (SSSR count). The molecule has 0 radical (unpaired) electrons. The van der Waals surface area contributed by atoms with Crippen molar-refractivity contribution in [2.24, 2.45) is 0 Å². The van der Waals surface area contributed by atoms with Crippen molar-refractivity contribution >= 4 is 44.9 Å². The first kappa shape index (κ1) is 17.7. The lowest BCUT2D eigenvalue weighted by Crippen LogP contribution is -2.35. The molecule has 5 nitrogen and oxygen atoms in total. The van der Waals surface area contributed by atoms with E-state index < -0.39 is 0 Å². The average Bonchev–Trinajstić information content (AvgIpc) is 2.91. The van der Waals surface area contributed by atoms with E-state index in [-0.39, 0.29) is 24.8 Å². The predicted octanol–water partition coefficient (Wildman–Crippen LogP) is 3.21. The molecule has 0 atom stereocenters. The lowest BCUT2D eigenvalue weighted by atomic mass is 10.2. The van der Waals surface area contributed by atoms with Crippen LogP contribution in [0.5, 0.6) is 0 Å². The molecule has 0 fully saturated rings. The van der Waals surface area contributed by atoms with Crippen LogP contribution in [0.3, 0.4) is 0 Å². The first-order valence-electron chi connectivity index (χ1n) is 7.10. The zero-order valence-electron chi connectivity index (χ0n) is 13.0. The fourth-order valence-electron chi connectivity index (χ4n) is 2.14. The summed E-state index contributed by atoms with van der Waals surface area (Å²) in [4.78, 5) is 26.2. The minimum Gasteiger partial charge on any atom is -0.469 e. The number of halogens is 1. The average molecular weight is 356 g/mol. The molecule has 1 amide bonds. The van der Waals surface area contributed by atoms with Crippen molar-refractivity contribution in [3.05, 3.63) is 34.2 Å². The predicted molar refractivity (Wildman–Crippen MR) is 91.2 cm³/mol. The van der Waals surface area contributed by atoms with E-state index in [0.717, 1.165) is 10.1 Å². The maximum absolute atomic E-state index is 12.8. The van der Waals surface area contributed by atoms with Crippen LogP contribution >= 0.6 is 22.9 Å². The van der Waals surface area contributed by atoms with Gasteiger partial charge in [0.1, 0.15) is 4.88 Å². The second-order valence-corrected chi connectivity index (χ2v) is 6.28. The molecule has 0 spiro atoms. The summed E-state index contributed by atoms with van der Waals surface area (Å²) in [5, 5.41) is 1.32. The Bertz CT molecular complexity index is 700. The van der Waals surface area contributed by atoms with Gasteiger partial charge in [-0.05, 0) is 6.07 Å². The van der Waals surface area contributed by atoms with Crippen molar-refractivity contribution in [1.82, 2.24) is 4.90 Å². The third-order valence-corrected chi connectivity index (χ3v) is 5.06. The molecule has 0 bridgehead atoms. The monoisotopic (exact) mass is 355 g/mol. The third kappa shape index (κ3) is 4.22. The molecule has 23 heavy (non-hydrogen) atoms. The van der Waals surface area contributed by atoms with Gasteiger partial charge in [0.05, 0.1) is 25.2 Å². The number of hydrogen-bond acceptors (Lipinski definition) is 5. The van der Waals surface area contributed by atoms with Crippen LogP contribution in [0.1, 0.15) is 16.1 Å². The van der Waals surface area contributed by atoms with Gasteiger partial charge in [-0.15, -0.1) is 11.3 Å². The van der Waals surface area contributed by atoms with Crippen LogP contribution in [0.4, 0.5) is 0 Å². The molecule has 0 unspecified atom stereocenters. The highest BCUT2D eigenvalue weighted by atomic mass is 35.5.